The molecule has 1 aromatic heterocycles. The van der Waals surface area contributed by atoms with Gasteiger partial charge in [-0.25, -0.2) is 0 Å². The van der Waals surface area contributed by atoms with Crippen molar-refractivity contribution in [1.29, 1.82) is 0 Å². The Morgan fingerprint density at radius 2 is 1.96 bits per heavy atom. The van der Waals surface area contributed by atoms with Crippen LogP contribution in [0.15, 0.2) is 36.5 Å². The number of aromatic nitrogens is 1. The number of benzene rings is 1. The van der Waals surface area contributed by atoms with Crippen molar-refractivity contribution in [2.24, 2.45) is 0 Å². The van der Waals surface area contributed by atoms with Gasteiger partial charge in [-0.15, -0.1) is 0 Å². The van der Waals surface area contributed by atoms with Gasteiger partial charge >= 0.3 is 0 Å². The van der Waals surface area contributed by atoms with E-state index in [-0.39, 0.29) is 5.91 Å². The van der Waals surface area contributed by atoms with E-state index in [0.29, 0.717) is 28.7 Å². The number of amides is 1. The molecule has 1 aromatic carbocycles. The molecule has 0 spiro atoms. The van der Waals surface area contributed by atoms with Crippen LogP contribution >= 0.6 is 23.2 Å². The lowest BCUT2D eigenvalue weighted by atomic mass is 10.1. The van der Waals surface area contributed by atoms with Crippen LogP contribution in [0.25, 0.3) is 0 Å². The second-order valence-corrected chi connectivity index (χ2v) is 6.68. The first-order chi connectivity index (χ1) is 11.6. The number of nitrogens with zero attached hydrogens (tertiary/aromatic N) is 2. The Hall–Kier alpha value is -1.78. The molecule has 0 bridgehead atoms. The third-order valence-electron chi connectivity index (χ3n) is 4.14. The zero-order chi connectivity index (χ0) is 16.9. The molecule has 24 heavy (non-hydrogen) atoms. The van der Waals surface area contributed by atoms with Crippen molar-refractivity contribution in [1.82, 2.24) is 10.3 Å². The number of halogens is 2. The molecule has 1 saturated heterocycles. The van der Waals surface area contributed by atoms with E-state index in [9.17, 15) is 4.79 Å². The van der Waals surface area contributed by atoms with Crippen LogP contribution in [0.3, 0.4) is 0 Å². The Labute approximate surface area is 151 Å². The summed E-state index contributed by atoms with van der Waals surface area (Å²) in [6.07, 6.45) is 4.74. The molecule has 1 aliphatic heterocycles. The van der Waals surface area contributed by atoms with Gasteiger partial charge < -0.3 is 10.2 Å². The van der Waals surface area contributed by atoms with Crippen LogP contribution in [0.2, 0.25) is 10.0 Å². The molecule has 1 fully saturated rings. The fraction of sp³-hybridized carbons (Fsp3) is 0.333. The Morgan fingerprint density at radius 1 is 1.17 bits per heavy atom. The highest BCUT2D eigenvalue weighted by Gasteiger charge is 2.15. The Bertz CT molecular complexity index is 730. The number of rotatable bonds is 5. The molecular formula is C18H19Cl2N3O. The molecule has 0 saturated carbocycles. The zero-order valence-electron chi connectivity index (χ0n) is 13.3. The third kappa shape index (κ3) is 4.19. The highest BCUT2D eigenvalue weighted by atomic mass is 35.5. The molecule has 2 aromatic rings. The van der Waals surface area contributed by atoms with Crippen LogP contribution in [0.5, 0.6) is 0 Å². The van der Waals surface area contributed by atoms with Gasteiger partial charge in [0.05, 0.1) is 0 Å². The minimum absolute atomic E-state index is 0.166. The molecule has 1 amide bonds. The van der Waals surface area contributed by atoms with E-state index in [0.717, 1.165) is 24.3 Å². The molecule has 0 unspecified atom stereocenters. The highest BCUT2D eigenvalue weighted by Crippen LogP contribution is 2.21. The molecule has 4 nitrogen and oxygen atoms in total. The zero-order valence-corrected chi connectivity index (χ0v) is 14.8. The van der Waals surface area contributed by atoms with Crippen LogP contribution < -0.4 is 10.2 Å². The molecule has 126 valence electrons. The van der Waals surface area contributed by atoms with Crippen LogP contribution in [0.4, 0.5) is 5.69 Å². The summed E-state index contributed by atoms with van der Waals surface area (Å²) in [5, 5.41) is 4.12. The van der Waals surface area contributed by atoms with E-state index in [1.54, 1.807) is 18.3 Å². The maximum absolute atomic E-state index is 12.3. The second-order valence-electron chi connectivity index (χ2n) is 5.84. The van der Waals surface area contributed by atoms with Gasteiger partial charge in [-0.2, -0.15) is 0 Å². The van der Waals surface area contributed by atoms with Crippen molar-refractivity contribution in [3.8, 4) is 0 Å². The smallest absolute Gasteiger partial charge is 0.269 e. The van der Waals surface area contributed by atoms with Crippen molar-refractivity contribution < 1.29 is 4.79 Å². The minimum atomic E-state index is -0.166. The lowest BCUT2D eigenvalue weighted by Crippen LogP contribution is -2.27. The first kappa shape index (κ1) is 17.1. The monoisotopic (exact) mass is 363 g/mol. The average molecular weight is 364 g/mol. The van der Waals surface area contributed by atoms with Gasteiger partial charge in [-0.1, -0.05) is 29.3 Å². The molecule has 0 aliphatic carbocycles. The van der Waals surface area contributed by atoms with Crippen molar-refractivity contribution in [3.63, 3.8) is 0 Å². The van der Waals surface area contributed by atoms with E-state index in [1.165, 1.54) is 12.8 Å². The van der Waals surface area contributed by atoms with Crippen LogP contribution in [0.1, 0.15) is 28.9 Å². The number of anilines is 1. The first-order valence-electron chi connectivity index (χ1n) is 8.06. The van der Waals surface area contributed by atoms with Gasteiger partial charge in [0.1, 0.15) is 5.69 Å². The van der Waals surface area contributed by atoms with Gasteiger partial charge in [0.25, 0.3) is 5.91 Å². The van der Waals surface area contributed by atoms with E-state index < -0.39 is 0 Å². The standard InChI is InChI=1S/C18H19Cl2N3O/c19-14-4-3-13(16(20)11-14)5-7-22-18(24)17-12-15(6-8-21-17)23-9-1-2-10-23/h3-4,6,8,11-12H,1-2,5,7,9-10H2,(H,22,24). The lowest BCUT2D eigenvalue weighted by molar-refractivity contribution is 0.0949. The number of hydrogen-bond acceptors (Lipinski definition) is 3. The summed E-state index contributed by atoms with van der Waals surface area (Å²) in [7, 11) is 0. The van der Waals surface area contributed by atoms with Gasteiger partial charge in [-0.05, 0) is 49.1 Å². The fourth-order valence-electron chi connectivity index (χ4n) is 2.84. The topological polar surface area (TPSA) is 45.2 Å². The van der Waals surface area contributed by atoms with Gasteiger partial charge in [0.2, 0.25) is 0 Å². The Morgan fingerprint density at radius 3 is 2.71 bits per heavy atom. The molecule has 6 heteroatoms. The average Bonchev–Trinajstić information content (AvgIpc) is 3.11. The highest BCUT2D eigenvalue weighted by molar-refractivity contribution is 6.35. The maximum atomic E-state index is 12.3. The summed E-state index contributed by atoms with van der Waals surface area (Å²) in [5.74, 6) is -0.166. The van der Waals surface area contributed by atoms with Crippen LogP contribution in [-0.2, 0) is 6.42 Å². The van der Waals surface area contributed by atoms with Crippen molar-refractivity contribution in [2.75, 3.05) is 24.5 Å². The molecule has 2 heterocycles. The lowest BCUT2D eigenvalue weighted by Gasteiger charge is -2.17. The van der Waals surface area contributed by atoms with E-state index in [2.05, 4.69) is 15.2 Å². The Kier molecular flexibility index (Phi) is 5.59. The number of carbonyl (C=O) groups is 1. The van der Waals surface area contributed by atoms with Gasteiger partial charge in [0.15, 0.2) is 0 Å². The van der Waals surface area contributed by atoms with Crippen molar-refractivity contribution in [2.45, 2.75) is 19.3 Å². The molecule has 0 radical (unpaired) electrons. The van der Waals surface area contributed by atoms with Crippen molar-refractivity contribution in [3.05, 3.63) is 57.8 Å². The van der Waals surface area contributed by atoms with Crippen LogP contribution in [0, 0.1) is 0 Å². The summed E-state index contributed by atoms with van der Waals surface area (Å²) in [6, 6.07) is 9.20. The van der Waals surface area contributed by atoms with Gasteiger partial charge in [0, 0.05) is 41.6 Å². The predicted octanol–water partition coefficient (Wildman–Crippen LogP) is 3.96. The summed E-state index contributed by atoms with van der Waals surface area (Å²) < 4.78 is 0. The van der Waals surface area contributed by atoms with Crippen molar-refractivity contribution >= 4 is 34.8 Å². The third-order valence-corrected chi connectivity index (χ3v) is 4.73. The normalized spacial score (nSPS) is 14.0. The first-order valence-corrected chi connectivity index (χ1v) is 8.82. The molecule has 3 rings (SSSR count). The summed E-state index contributed by atoms with van der Waals surface area (Å²) >= 11 is 12.0. The number of pyridine rings is 1. The summed E-state index contributed by atoms with van der Waals surface area (Å²) in [6.45, 7) is 2.58. The second kappa shape index (κ2) is 7.86. The number of nitrogens with one attached hydrogen (secondary N) is 1. The van der Waals surface area contributed by atoms with E-state index in [4.69, 9.17) is 23.2 Å². The molecule has 0 atom stereocenters. The van der Waals surface area contributed by atoms with E-state index in [1.807, 2.05) is 18.2 Å². The molecular weight excluding hydrogens is 345 g/mol. The predicted molar refractivity (Wildman–Crippen MR) is 98.2 cm³/mol. The Balaban J connectivity index is 1.57. The number of carbonyl (C=O) groups excluding carboxylic acids is 1. The van der Waals surface area contributed by atoms with E-state index >= 15 is 0 Å². The van der Waals surface area contributed by atoms with Gasteiger partial charge in [-0.3, -0.25) is 9.78 Å². The summed E-state index contributed by atoms with van der Waals surface area (Å²) in [5.41, 5.74) is 2.47. The van der Waals surface area contributed by atoms with Crippen LogP contribution in [-0.4, -0.2) is 30.5 Å². The SMILES string of the molecule is O=C(NCCc1ccc(Cl)cc1Cl)c1cc(N2CCCC2)ccn1. The minimum Gasteiger partial charge on any atom is -0.371 e. The quantitative estimate of drug-likeness (QED) is 0.874. The molecule has 1 aliphatic rings. The molecule has 1 N–H and O–H groups in total. The summed E-state index contributed by atoms with van der Waals surface area (Å²) in [4.78, 5) is 18.8. The fourth-order valence-corrected chi connectivity index (χ4v) is 3.34. The number of hydrogen-bond donors (Lipinski definition) is 1. The largest absolute Gasteiger partial charge is 0.371 e. The maximum Gasteiger partial charge on any atom is 0.269 e.